The minimum absolute atomic E-state index is 0.106. The quantitative estimate of drug-likeness (QED) is 0.413. The van der Waals surface area contributed by atoms with Gasteiger partial charge < -0.3 is 9.47 Å². The van der Waals surface area contributed by atoms with Gasteiger partial charge in [0.1, 0.15) is 12.1 Å². The molecule has 28 heavy (non-hydrogen) atoms. The lowest BCUT2D eigenvalue weighted by molar-refractivity contribution is 0.271. The monoisotopic (exact) mass is 402 g/mol. The number of fused-ring (bicyclic) bond motifs is 1. The van der Waals surface area contributed by atoms with Crippen molar-refractivity contribution in [2.24, 2.45) is 0 Å². The summed E-state index contributed by atoms with van der Waals surface area (Å²) < 4.78 is 25.2. The van der Waals surface area contributed by atoms with Crippen molar-refractivity contribution in [1.29, 1.82) is 0 Å². The van der Waals surface area contributed by atoms with Gasteiger partial charge in [-0.15, -0.1) is 0 Å². The minimum atomic E-state index is -0.429. The fourth-order valence-corrected chi connectivity index (χ4v) is 3.22. The molecular weight excluding hydrogens is 379 g/mol. The number of nitrogens with zero attached hydrogens (tertiary/aromatic N) is 2. The number of hydrogen-bond acceptors (Lipinski definition) is 4. The summed E-state index contributed by atoms with van der Waals surface area (Å²) in [5.41, 5.74) is 2.49. The predicted molar refractivity (Wildman–Crippen MR) is 110 cm³/mol. The lowest BCUT2D eigenvalue weighted by atomic mass is 10.1. The number of unbranched alkanes of at least 4 members (excludes halogenated alkanes) is 2. The highest BCUT2D eigenvalue weighted by molar-refractivity contribution is 6.30. The molecule has 0 amide bonds. The van der Waals surface area contributed by atoms with E-state index in [-0.39, 0.29) is 5.02 Å². The Morgan fingerprint density at radius 1 is 1.00 bits per heavy atom. The summed E-state index contributed by atoms with van der Waals surface area (Å²) in [6, 6.07) is 8.54. The van der Waals surface area contributed by atoms with Gasteiger partial charge in [0.15, 0.2) is 11.5 Å². The normalized spacial score (nSPS) is 11.0. The van der Waals surface area contributed by atoms with E-state index in [9.17, 15) is 4.39 Å². The highest BCUT2D eigenvalue weighted by atomic mass is 35.5. The summed E-state index contributed by atoms with van der Waals surface area (Å²) in [5.74, 6) is 0.946. The highest BCUT2D eigenvalue weighted by Crippen LogP contribution is 2.33. The van der Waals surface area contributed by atoms with E-state index in [0.717, 1.165) is 41.4 Å². The average molecular weight is 403 g/mol. The molecule has 1 heterocycles. The lowest BCUT2D eigenvalue weighted by Gasteiger charge is -2.14. The summed E-state index contributed by atoms with van der Waals surface area (Å²) >= 11 is 5.92. The van der Waals surface area contributed by atoms with Crippen molar-refractivity contribution in [2.75, 3.05) is 13.2 Å². The Morgan fingerprint density at radius 2 is 1.82 bits per heavy atom. The molecule has 0 atom stereocenters. The number of halogens is 2. The van der Waals surface area contributed by atoms with Crippen molar-refractivity contribution in [3.63, 3.8) is 0 Å². The van der Waals surface area contributed by atoms with E-state index in [1.165, 1.54) is 12.4 Å². The van der Waals surface area contributed by atoms with Gasteiger partial charge in [-0.1, -0.05) is 37.4 Å². The Labute approximate surface area is 169 Å². The smallest absolute Gasteiger partial charge is 0.163 e. The molecule has 0 aliphatic rings. The van der Waals surface area contributed by atoms with Crippen LogP contribution in [0.25, 0.3) is 10.9 Å². The number of hydrogen-bond donors (Lipinski definition) is 0. The summed E-state index contributed by atoms with van der Waals surface area (Å²) in [4.78, 5) is 8.81. The van der Waals surface area contributed by atoms with Gasteiger partial charge in [0.05, 0.1) is 29.4 Å². The Bertz CT molecular complexity index is 949. The second-order valence-electron chi connectivity index (χ2n) is 6.55. The van der Waals surface area contributed by atoms with E-state index in [1.54, 1.807) is 12.1 Å². The Balaban J connectivity index is 1.95. The fraction of sp³-hybridized carbons (Fsp3) is 0.364. The molecule has 0 N–H and O–H groups in total. The van der Waals surface area contributed by atoms with Crippen molar-refractivity contribution >= 4 is 22.5 Å². The van der Waals surface area contributed by atoms with Gasteiger partial charge in [-0.05, 0) is 37.1 Å². The van der Waals surface area contributed by atoms with Crippen molar-refractivity contribution in [2.45, 2.75) is 39.5 Å². The topological polar surface area (TPSA) is 44.2 Å². The van der Waals surface area contributed by atoms with Gasteiger partial charge in [0, 0.05) is 17.9 Å². The molecule has 0 unspecified atom stereocenters. The van der Waals surface area contributed by atoms with Gasteiger partial charge in [0.25, 0.3) is 0 Å². The maximum atomic E-state index is 13.4. The van der Waals surface area contributed by atoms with Crippen molar-refractivity contribution in [1.82, 2.24) is 9.97 Å². The van der Waals surface area contributed by atoms with E-state index < -0.39 is 5.82 Å². The number of aromatic nitrogens is 2. The second-order valence-corrected chi connectivity index (χ2v) is 6.96. The van der Waals surface area contributed by atoms with E-state index >= 15 is 0 Å². The third-order valence-electron chi connectivity index (χ3n) is 4.44. The average Bonchev–Trinajstić information content (AvgIpc) is 2.69. The summed E-state index contributed by atoms with van der Waals surface area (Å²) in [6.45, 7) is 5.28. The molecule has 6 heteroatoms. The van der Waals surface area contributed by atoms with Gasteiger partial charge in [-0.2, -0.15) is 0 Å². The van der Waals surface area contributed by atoms with E-state index in [1.807, 2.05) is 19.1 Å². The fourth-order valence-electron chi connectivity index (χ4n) is 3.02. The molecule has 3 rings (SSSR count). The van der Waals surface area contributed by atoms with E-state index in [2.05, 4.69) is 16.9 Å². The molecule has 0 fully saturated rings. The molecule has 4 nitrogen and oxygen atoms in total. The summed E-state index contributed by atoms with van der Waals surface area (Å²) in [6.07, 6.45) is 5.30. The molecular formula is C22H24ClFN2O2. The SMILES string of the molecule is CCCCCOc1cc2c(Cc3ccc(F)c(Cl)c3)ncnc2cc1OCC. The zero-order chi connectivity index (χ0) is 19.9. The highest BCUT2D eigenvalue weighted by Gasteiger charge is 2.13. The standard InChI is InChI=1S/C22H24ClFN2O2/c1-3-5-6-9-28-21-12-16-19(11-15-7-8-18(24)17(23)10-15)25-14-26-20(16)13-22(21)27-4-2/h7-8,10,12-14H,3-6,9,11H2,1-2H3. The van der Waals surface area contributed by atoms with Crippen LogP contribution in [-0.2, 0) is 6.42 Å². The van der Waals surface area contributed by atoms with E-state index in [0.29, 0.717) is 31.1 Å². The van der Waals surface area contributed by atoms with Crippen LogP contribution in [0.1, 0.15) is 44.4 Å². The first-order chi connectivity index (χ1) is 13.6. The number of rotatable bonds is 9. The molecule has 1 aromatic heterocycles. The summed E-state index contributed by atoms with van der Waals surface area (Å²) in [7, 11) is 0. The first-order valence-corrected chi connectivity index (χ1v) is 9.97. The van der Waals surface area contributed by atoms with Gasteiger partial charge in [-0.25, -0.2) is 14.4 Å². The van der Waals surface area contributed by atoms with Crippen LogP contribution in [0.4, 0.5) is 4.39 Å². The zero-order valence-electron chi connectivity index (χ0n) is 16.2. The minimum Gasteiger partial charge on any atom is -0.490 e. The third kappa shape index (κ3) is 4.90. The van der Waals surface area contributed by atoms with Crippen LogP contribution in [-0.4, -0.2) is 23.2 Å². The molecule has 0 bridgehead atoms. The first kappa shape index (κ1) is 20.3. The Kier molecular flexibility index (Phi) is 7.04. The molecule has 0 aliphatic heterocycles. The molecule has 0 aliphatic carbocycles. The molecule has 0 saturated carbocycles. The van der Waals surface area contributed by atoms with Crippen molar-refractivity contribution < 1.29 is 13.9 Å². The molecule has 2 aromatic carbocycles. The maximum absolute atomic E-state index is 13.4. The first-order valence-electron chi connectivity index (χ1n) is 9.59. The Morgan fingerprint density at radius 3 is 2.57 bits per heavy atom. The van der Waals surface area contributed by atoms with Gasteiger partial charge >= 0.3 is 0 Å². The van der Waals surface area contributed by atoms with Crippen LogP contribution in [0.3, 0.4) is 0 Å². The van der Waals surface area contributed by atoms with Crippen molar-refractivity contribution in [3.05, 3.63) is 58.8 Å². The number of benzene rings is 2. The maximum Gasteiger partial charge on any atom is 0.163 e. The van der Waals surface area contributed by atoms with Crippen LogP contribution in [0.2, 0.25) is 5.02 Å². The van der Waals surface area contributed by atoms with Crippen LogP contribution >= 0.6 is 11.6 Å². The molecule has 0 saturated heterocycles. The van der Waals surface area contributed by atoms with Crippen LogP contribution in [0.15, 0.2) is 36.7 Å². The number of ether oxygens (including phenoxy) is 2. The predicted octanol–water partition coefficient (Wildman–Crippen LogP) is 5.98. The lowest BCUT2D eigenvalue weighted by Crippen LogP contribution is -2.03. The molecule has 0 spiro atoms. The van der Waals surface area contributed by atoms with E-state index in [4.69, 9.17) is 21.1 Å². The zero-order valence-corrected chi connectivity index (χ0v) is 16.9. The molecule has 3 aromatic rings. The van der Waals surface area contributed by atoms with Crippen LogP contribution < -0.4 is 9.47 Å². The van der Waals surface area contributed by atoms with Crippen LogP contribution in [0, 0.1) is 5.82 Å². The largest absolute Gasteiger partial charge is 0.490 e. The van der Waals surface area contributed by atoms with Gasteiger partial charge in [0.2, 0.25) is 0 Å². The summed E-state index contributed by atoms with van der Waals surface area (Å²) in [5, 5.41) is 0.992. The molecule has 0 radical (unpaired) electrons. The molecule has 148 valence electrons. The van der Waals surface area contributed by atoms with Crippen molar-refractivity contribution in [3.8, 4) is 11.5 Å². The Hall–Kier alpha value is -2.40. The second kappa shape index (κ2) is 9.69. The van der Waals surface area contributed by atoms with Gasteiger partial charge in [-0.3, -0.25) is 0 Å². The third-order valence-corrected chi connectivity index (χ3v) is 4.73. The van der Waals surface area contributed by atoms with Crippen LogP contribution in [0.5, 0.6) is 11.5 Å².